The Morgan fingerprint density at radius 1 is 1.12 bits per heavy atom. The molecule has 33 heavy (non-hydrogen) atoms. The number of nitrogens with one attached hydrogen (secondary N) is 1. The maximum atomic E-state index is 13.3. The molecule has 3 heterocycles. The second-order valence-electron chi connectivity index (χ2n) is 9.28. The Morgan fingerprint density at radius 2 is 1.94 bits per heavy atom. The fraction of sp³-hybridized carbons (Fsp3) is 0.520. The minimum Gasteiger partial charge on any atom is -0.352 e. The van der Waals surface area contributed by atoms with Crippen molar-refractivity contribution in [1.82, 2.24) is 24.6 Å². The van der Waals surface area contributed by atoms with Gasteiger partial charge in [-0.25, -0.2) is 4.98 Å². The third kappa shape index (κ3) is 4.58. The van der Waals surface area contributed by atoms with Crippen molar-refractivity contribution in [1.29, 1.82) is 0 Å². The van der Waals surface area contributed by atoms with Gasteiger partial charge >= 0.3 is 0 Å². The number of hydrogen-bond donors (Lipinski definition) is 1. The summed E-state index contributed by atoms with van der Waals surface area (Å²) in [6, 6.07) is 9.76. The van der Waals surface area contributed by atoms with Crippen molar-refractivity contribution < 1.29 is 4.79 Å². The van der Waals surface area contributed by atoms with Crippen molar-refractivity contribution in [2.75, 3.05) is 5.75 Å². The van der Waals surface area contributed by atoms with E-state index in [4.69, 9.17) is 4.98 Å². The summed E-state index contributed by atoms with van der Waals surface area (Å²) in [5, 5.41) is 8.60. The molecule has 1 aromatic rings. The molecule has 0 spiro atoms. The number of amides is 1. The molecule has 1 amide bonds. The topological polar surface area (TPSA) is 81.8 Å². The van der Waals surface area contributed by atoms with Gasteiger partial charge in [0.15, 0.2) is 11.0 Å². The zero-order valence-electron chi connectivity index (χ0n) is 19.1. The van der Waals surface area contributed by atoms with Gasteiger partial charge in [0.25, 0.3) is 5.56 Å². The Morgan fingerprint density at radius 3 is 2.76 bits per heavy atom. The molecule has 4 aliphatic rings. The lowest BCUT2D eigenvalue weighted by molar-refractivity contribution is -0.119. The average Bonchev–Trinajstić information content (AvgIpc) is 2.99. The average molecular weight is 466 g/mol. The molecular weight excluding hydrogens is 434 g/mol. The van der Waals surface area contributed by atoms with E-state index in [0.717, 1.165) is 55.2 Å². The third-order valence-electron chi connectivity index (χ3n) is 6.96. The van der Waals surface area contributed by atoms with Crippen LogP contribution in [0.3, 0.4) is 0 Å². The van der Waals surface area contributed by atoms with Crippen LogP contribution in [0.5, 0.6) is 0 Å². The van der Waals surface area contributed by atoms with E-state index in [1.807, 2.05) is 30.3 Å². The predicted octanol–water partition coefficient (Wildman–Crippen LogP) is 4.05. The van der Waals surface area contributed by atoms with Crippen molar-refractivity contribution >= 4 is 17.7 Å². The number of para-hydroxylation sites is 1. The smallest absolute Gasteiger partial charge is 0.284 e. The minimum absolute atomic E-state index is 0.0583. The van der Waals surface area contributed by atoms with Crippen LogP contribution in [0.15, 0.2) is 40.3 Å². The molecule has 1 aromatic carbocycles. The first-order valence-electron chi connectivity index (χ1n) is 12.1. The number of carbonyl (C=O) groups excluding carboxylic acids is 1. The predicted molar refractivity (Wildman–Crippen MR) is 130 cm³/mol. The van der Waals surface area contributed by atoms with Gasteiger partial charge in [-0.05, 0) is 50.2 Å². The molecule has 1 fully saturated rings. The normalized spacial score (nSPS) is 20.9. The Kier molecular flexibility index (Phi) is 6.53. The van der Waals surface area contributed by atoms with Gasteiger partial charge in [-0.1, -0.05) is 56.1 Å². The summed E-state index contributed by atoms with van der Waals surface area (Å²) in [5.41, 5.74) is 2.25. The molecule has 174 valence electrons. The van der Waals surface area contributed by atoms with Crippen LogP contribution in [0.2, 0.25) is 0 Å². The second kappa shape index (κ2) is 9.71. The number of thioether (sulfide) groups is 1. The van der Waals surface area contributed by atoms with E-state index in [9.17, 15) is 9.59 Å². The van der Waals surface area contributed by atoms with Crippen LogP contribution in [0.25, 0.3) is 17.1 Å². The maximum absolute atomic E-state index is 13.3. The molecule has 5 rings (SSSR count). The molecule has 1 N–H and O–H groups in total. The summed E-state index contributed by atoms with van der Waals surface area (Å²) in [6.07, 6.45) is 8.72. The van der Waals surface area contributed by atoms with E-state index in [-0.39, 0.29) is 17.5 Å². The van der Waals surface area contributed by atoms with Crippen molar-refractivity contribution in [3.05, 3.63) is 46.4 Å². The molecule has 7 nitrogen and oxygen atoms in total. The van der Waals surface area contributed by atoms with E-state index in [2.05, 4.69) is 21.9 Å². The van der Waals surface area contributed by atoms with E-state index in [1.54, 1.807) is 0 Å². The highest BCUT2D eigenvalue weighted by molar-refractivity contribution is 7.99. The Labute approximate surface area is 198 Å². The van der Waals surface area contributed by atoms with Gasteiger partial charge in [0, 0.05) is 18.3 Å². The molecule has 0 saturated heterocycles. The Balaban J connectivity index is 1.45. The minimum atomic E-state index is -0.116. The number of hydrogen-bond acceptors (Lipinski definition) is 5. The lowest BCUT2D eigenvalue weighted by atomic mass is 9.86. The molecule has 1 saturated carbocycles. The van der Waals surface area contributed by atoms with Crippen molar-refractivity contribution in [3.63, 3.8) is 0 Å². The van der Waals surface area contributed by atoms with Crippen LogP contribution >= 0.6 is 11.8 Å². The highest BCUT2D eigenvalue weighted by Crippen LogP contribution is 2.30. The van der Waals surface area contributed by atoms with Crippen molar-refractivity contribution in [3.8, 4) is 17.1 Å². The van der Waals surface area contributed by atoms with Crippen molar-refractivity contribution in [2.24, 2.45) is 5.92 Å². The molecule has 0 bridgehead atoms. The summed E-state index contributed by atoms with van der Waals surface area (Å²) in [6.45, 7) is 3.05. The largest absolute Gasteiger partial charge is 0.352 e. The van der Waals surface area contributed by atoms with Crippen LogP contribution < -0.4 is 10.9 Å². The first-order chi connectivity index (χ1) is 16.1. The van der Waals surface area contributed by atoms with Crippen LogP contribution in [0.4, 0.5) is 0 Å². The van der Waals surface area contributed by atoms with Crippen LogP contribution in [0, 0.1) is 5.92 Å². The number of aromatic nitrogens is 4. The summed E-state index contributed by atoms with van der Waals surface area (Å²) in [5.74, 6) is 1.39. The Bertz CT molecular complexity index is 1160. The Hall–Kier alpha value is -2.61. The number of fused-ring (bicyclic) bond motifs is 3. The third-order valence-corrected chi connectivity index (χ3v) is 7.93. The summed E-state index contributed by atoms with van der Waals surface area (Å²) in [4.78, 5) is 30.8. The number of benzene rings is 1. The second-order valence-corrected chi connectivity index (χ2v) is 10.2. The SMILES string of the molecule is CC1CCCCC1NC(=O)CSc1nc2nn(-c3ccccc3)c(=O)c-2c2n1CCCCC2. The van der Waals surface area contributed by atoms with Gasteiger partial charge < -0.3 is 9.88 Å². The lowest BCUT2D eigenvalue weighted by Crippen LogP contribution is -2.41. The number of nitrogens with zero attached hydrogens (tertiary/aromatic N) is 4. The maximum Gasteiger partial charge on any atom is 0.284 e. The number of rotatable bonds is 5. The number of carbonyl (C=O) groups is 1. The zero-order valence-corrected chi connectivity index (χ0v) is 19.9. The molecule has 8 heteroatoms. The summed E-state index contributed by atoms with van der Waals surface area (Å²) >= 11 is 1.46. The van der Waals surface area contributed by atoms with Gasteiger partial charge in [0.05, 0.1) is 11.4 Å². The van der Waals surface area contributed by atoms with E-state index in [0.29, 0.717) is 23.1 Å². The van der Waals surface area contributed by atoms with Gasteiger partial charge in [-0.3, -0.25) is 9.59 Å². The molecule has 0 aromatic heterocycles. The molecule has 2 atom stereocenters. The summed E-state index contributed by atoms with van der Waals surface area (Å²) in [7, 11) is 0. The van der Waals surface area contributed by atoms with Crippen molar-refractivity contribution in [2.45, 2.75) is 76.0 Å². The quantitative estimate of drug-likeness (QED) is 0.454. The molecule has 0 radical (unpaired) electrons. The first-order valence-corrected chi connectivity index (χ1v) is 13.1. The highest BCUT2D eigenvalue weighted by Gasteiger charge is 2.28. The zero-order chi connectivity index (χ0) is 22.8. The van der Waals surface area contributed by atoms with Crippen LogP contribution in [-0.2, 0) is 17.8 Å². The fourth-order valence-electron chi connectivity index (χ4n) is 5.12. The standard InChI is InChI=1S/C25H31N5O2S/c1-17-10-7-8-13-19(17)26-21(31)16-33-25-27-23-22(20-14-6-3-9-15-29(20)25)24(32)30(28-23)18-11-4-2-5-12-18/h2,4-5,11-12,17,19H,3,6-10,13-16H2,1H3,(H,26,31). The van der Waals surface area contributed by atoms with Crippen LogP contribution in [-0.4, -0.2) is 37.0 Å². The first kappa shape index (κ1) is 22.2. The van der Waals surface area contributed by atoms with Gasteiger partial charge in [-0.15, -0.1) is 5.10 Å². The van der Waals surface area contributed by atoms with E-state index >= 15 is 0 Å². The molecular formula is C25H31N5O2S. The molecule has 1 aliphatic carbocycles. The molecule has 3 aliphatic heterocycles. The molecule has 2 unspecified atom stereocenters. The van der Waals surface area contributed by atoms with Gasteiger partial charge in [-0.2, -0.15) is 4.68 Å². The highest BCUT2D eigenvalue weighted by atomic mass is 32.2. The van der Waals surface area contributed by atoms with E-state index < -0.39 is 0 Å². The van der Waals surface area contributed by atoms with Gasteiger partial charge in [0.1, 0.15) is 5.56 Å². The monoisotopic (exact) mass is 465 g/mol. The van der Waals surface area contributed by atoms with Crippen LogP contribution in [0.1, 0.15) is 57.6 Å². The van der Waals surface area contributed by atoms with Gasteiger partial charge in [0.2, 0.25) is 5.91 Å². The summed E-state index contributed by atoms with van der Waals surface area (Å²) < 4.78 is 3.62. The van der Waals surface area contributed by atoms with E-state index in [1.165, 1.54) is 35.7 Å². The lowest BCUT2D eigenvalue weighted by Gasteiger charge is -2.29. The fourth-order valence-corrected chi connectivity index (χ4v) is 5.97.